The lowest BCUT2D eigenvalue weighted by Crippen LogP contribution is -1.90. The molecule has 0 aromatic heterocycles. The molecule has 0 spiro atoms. The zero-order chi connectivity index (χ0) is 11.1. The van der Waals surface area contributed by atoms with Crippen LogP contribution in [0.3, 0.4) is 0 Å². The average molecular weight is 202 g/mol. The largest absolute Gasteiger partial charge is 0.496 e. The SMILES string of the molecule is CC.COc1ccc(C(F)F)cc1C. The Morgan fingerprint density at radius 3 is 2.14 bits per heavy atom. The molecule has 1 rings (SSSR count). The predicted molar refractivity (Wildman–Crippen MR) is 54.0 cm³/mol. The Hall–Kier alpha value is -1.12. The summed E-state index contributed by atoms with van der Waals surface area (Å²) in [6.45, 7) is 5.74. The lowest BCUT2D eigenvalue weighted by molar-refractivity contribution is 0.151. The van der Waals surface area contributed by atoms with Crippen molar-refractivity contribution in [3.05, 3.63) is 29.3 Å². The molecular formula is C11H16F2O. The van der Waals surface area contributed by atoms with Crippen LogP contribution in [0.4, 0.5) is 8.78 Å². The fraction of sp³-hybridized carbons (Fsp3) is 0.455. The first kappa shape index (κ1) is 12.9. The smallest absolute Gasteiger partial charge is 0.263 e. The molecule has 0 amide bonds. The molecule has 1 aromatic carbocycles. The molecule has 0 aliphatic rings. The van der Waals surface area contributed by atoms with Crippen molar-refractivity contribution < 1.29 is 13.5 Å². The maximum atomic E-state index is 12.1. The maximum Gasteiger partial charge on any atom is 0.263 e. The molecule has 0 atom stereocenters. The van der Waals surface area contributed by atoms with Crippen molar-refractivity contribution in [3.63, 3.8) is 0 Å². The zero-order valence-corrected chi connectivity index (χ0v) is 8.97. The first-order chi connectivity index (χ1) is 6.65. The van der Waals surface area contributed by atoms with Gasteiger partial charge in [0.15, 0.2) is 0 Å². The highest BCUT2D eigenvalue weighted by Gasteiger charge is 2.08. The first-order valence-corrected chi connectivity index (χ1v) is 4.58. The number of alkyl halides is 2. The highest BCUT2D eigenvalue weighted by atomic mass is 19.3. The van der Waals surface area contributed by atoms with Crippen LogP contribution in [-0.2, 0) is 0 Å². The molecule has 0 saturated heterocycles. The Morgan fingerprint density at radius 2 is 1.79 bits per heavy atom. The summed E-state index contributed by atoms with van der Waals surface area (Å²) in [7, 11) is 1.52. The summed E-state index contributed by atoms with van der Waals surface area (Å²) in [5.74, 6) is 0.638. The number of aryl methyl sites for hydroxylation is 1. The Morgan fingerprint density at radius 1 is 1.21 bits per heavy atom. The Balaban J connectivity index is 0.000000791. The van der Waals surface area contributed by atoms with E-state index >= 15 is 0 Å². The minimum Gasteiger partial charge on any atom is -0.496 e. The number of methoxy groups -OCH3 is 1. The molecule has 0 aliphatic heterocycles. The van der Waals surface area contributed by atoms with Gasteiger partial charge in [-0.1, -0.05) is 13.8 Å². The fourth-order valence-electron chi connectivity index (χ4n) is 1.04. The minimum atomic E-state index is -2.41. The van der Waals surface area contributed by atoms with Crippen molar-refractivity contribution in [2.75, 3.05) is 7.11 Å². The molecule has 0 saturated carbocycles. The van der Waals surface area contributed by atoms with Gasteiger partial charge in [0.2, 0.25) is 0 Å². The topological polar surface area (TPSA) is 9.23 Å². The zero-order valence-electron chi connectivity index (χ0n) is 8.97. The Labute approximate surface area is 83.7 Å². The van der Waals surface area contributed by atoms with E-state index in [-0.39, 0.29) is 5.56 Å². The second-order valence-electron chi connectivity index (χ2n) is 2.53. The van der Waals surface area contributed by atoms with Crippen LogP contribution in [0.25, 0.3) is 0 Å². The van der Waals surface area contributed by atoms with E-state index in [2.05, 4.69) is 0 Å². The van der Waals surface area contributed by atoms with Gasteiger partial charge in [0.25, 0.3) is 6.43 Å². The van der Waals surface area contributed by atoms with Gasteiger partial charge in [0.1, 0.15) is 5.75 Å². The molecule has 14 heavy (non-hydrogen) atoms. The van der Waals surface area contributed by atoms with Gasteiger partial charge in [-0.15, -0.1) is 0 Å². The summed E-state index contributed by atoms with van der Waals surface area (Å²) in [6, 6.07) is 4.36. The quantitative estimate of drug-likeness (QED) is 0.705. The molecule has 0 heterocycles. The Bertz CT molecular complexity index is 272. The van der Waals surface area contributed by atoms with E-state index in [4.69, 9.17) is 4.74 Å². The van der Waals surface area contributed by atoms with Crippen LogP contribution in [0, 0.1) is 6.92 Å². The van der Waals surface area contributed by atoms with Crippen LogP contribution >= 0.6 is 0 Å². The monoisotopic (exact) mass is 202 g/mol. The van der Waals surface area contributed by atoms with E-state index in [9.17, 15) is 8.78 Å². The molecule has 3 heteroatoms. The van der Waals surface area contributed by atoms with Crippen LogP contribution in [0.5, 0.6) is 5.75 Å². The maximum absolute atomic E-state index is 12.1. The number of hydrogen-bond acceptors (Lipinski definition) is 1. The summed E-state index contributed by atoms with van der Waals surface area (Å²) < 4.78 is 29.2. The highest BCUT2D eigenvalue weighted by Crippen LogP contribution is 2.24. The first-order valence-electron chi connectivity index (χ1n) is 4.58. The van der Waals surface area contributed by atoms with Gasteiger partial charge in [0.05, 0.1) is 7.11 Å². The standard InChI is InChI=1S/C9H10F2O.C2H6/c1-6-5-7(9(10)11)3-4-8(6)12-2;1-2/h3-5,9H,1-2H3;1-2H3. The lowest BCUT2D eigenvalue weighted by Gasteiger charge is -2.05. The molecule has 1 aromatic rings. The Kier molecular flexibility index (Phi) is 5.84. The van der Waals surface area contributed by atoms with Crippen molar-refractivity contribution in [2.45, 2.75) is 27.2 Å². The van der Waals surface area contributed by atoms with Crippen molar-refractivity contribution >= 4 is 0 Å². The molecule has 0 radical (unpaired) electrons. The van der Waals surface area contributed by atoms with Gasteiger partial charge in [-0.3, -0.25) is 0 Å². The normalized spacial score (nSPS) is 9.36. The van der Waals surface area contributed by atoms with Gasteiger partial charge in [-0.05, 0) is 30.7 Å². The molecule has 0 aliphatic carbocycles. The predicted octanol–water partition coefficient (Wildman–Crippen LogP) is 3.97. The van der Waals surface area contributed by atoms with Gasteiger partial charge in [-0.25, -0.2) is 8.78 Å². The summed E-state index contributed by atoms with van der Waals surface area (Å²) in [5, 5.41) is 0. The summed E-state index contributed by atoms with van der Waals surface area (Å²) in [5.41, 5.74) is 0.767. The molecule has 0 N–H and O–H groups in total. The van der Waals surface area contributed by atoms with E-state index in [0.29, 0.717) is 5.75 Å². The number of hydrogen-bond donors (Lipinski definition) is 0. The van der Waals surface area contributed by atoms with Gasteiger partial charge in [0, 0.05) is 5.56 Å². The van der Waals surface area contributed by atoms with Crippen molar-refractivity contribution in [1.29, 1.82) is 0 Å². The second-order valence-corrected chi connectivity index (χ2v) is 2.53. The van der Waals surface area contributed by atoms with Crippen molar-refractivity contribution in [1.82, 2.24) is 0 Å². The molecule has 1 nitrogen and oxygen atoms in total. The fourth-order valence-corrected chi connectivity index (χ4v) is 1.04. The molecule has 80 valence electrons. The van der Waals surface area contributed by atoms with Crippen LogP contribution < -0.4 is 4.74 Å². The van der Waals surface area contributed by atoms with Gasteiger partial charge < -0.3 is 4.74 Å². The van der Waals surface area contributed by atoms with Gasteiger partial charge >= 0.3 is 0 Å². The van der Waals surface area contributed by atoms with Crippen LogP contribution in [0.15, 0.2) is 18.2 Å². The van der Waals surface area contributed by atoms with E-state index < -0.39 is 6.43 Å². The average Bonchev–Trinajstić information content (AvgIpc) is 2.20. The van der Waals surface area contributed by atoms with Crippen molar-refractivity contribution in [3.8, 4) is 5.75 Å². The lowest BCUT2D eigenvalue weighted by atomic mass is 10.1. The van der Waals surface area contributed by atoms with E-state index in [1.165, 1.54) is 19.2 Å². The summed E-state index contributed by atoms with van der Waals surface area (Å²) in [6.07, 6.45) is -2.41. The van der Waals surface area contributed by atoms with E-state index in [0.717, 1.165) is 5.56 Å². The van der Waals surface area contributed by atoms with Crippen LogP contribution in [-0.4, -0.2) is 7.11 Å². The highest BCUT2D eigenvalue weighted by molar-refractivity contribution is 5.36. The third-order valence-corrected chi connectivity index (χ3v) is 1.67. The van der Waals surface area contributed by atoms with Crippen molar-refractivity contribution in [2.24, 2.45) is 0 Å². The van der Waals surface area contributed by atoms with E-state index in [1.54, 1.807) is 13.0 Å². The molecule has 0 unspecified atom stereocenters. The second kappa shape index (κ2) is 6.35. The third kappa shape index (κ3) is 3.32. The summed E-state index contributed by atoms with van der Waals surface area (Å²) in [4.78, 5) is 0. The summed E-state index contributed by atoms with van der Waals surface area (Å²) >= 11 is 0. The number of halogens is 2. The van der Waals surface area contributed by atoms with Crippen LogP contribution in [0.2, 0.25) is 0 Å². The van der Waals surface area contributed by atoms with Crippen LogP contribution in [0.1, 0.15) is 31.4 Å². The molecular weight excluding hydrogens is 186 g/mol. The van der Waals surface area contributed by atoms with E-state index in [1.807, 2.05) is 13.8 Å². The third-order valence-electron chi connectivity index (χ3n) is 1.67. The number of ether oxygens (including phenoxy) is 1. The number of rotatable bonds is 2. The molecule has 0 bridgehead atoms. The minimum absolute atomic E-state index is 0.0355. The molecule has 0 fully saturated rings. The number of benzene rings is 1. The van der Waals surface area contributed by atoms with Gasteiger partial charge in [-0.2, -0.15) is 0 Å².